The summed E-state index contributed by atoms with van der Waals surface area (Å²) in [6.07, 6.45) is 6.19. The normalized spacial score (nSPS) is 13.5. The highest BCUT2D eigenvalue weighted by molar-refractivity contribution is 5.77. The van der Waals surface area contributed by atoms with Gasteiger partial charge in [0.25, 0.3) is 0 Å². The van der Waals surface area contributed by atoms with Crippen LogP contribution in [0.3, 0.4) is 0 Å². The van der Waals surface area contributed by atoms with Gasteiger partial charge < -0.3 is 4.74 Å². The average Bonchev–Trinajstić information content (AvgIpc) is 2.46. The van der Waals surface area contributed by atoms with Crippen molar-refractivity contribution in [1.82, 2.24) is 0 Å². The van der Waals surface area contributed by atoms with Gasteiger partial charge in [-0.05, 0) is 31.7 Å². The van der Waals surface area contributed by atoms with Crippen LogP contribution in [0.1, 0.15) is 45.1 Å². The molecule has 0 aromatic heterocycles. The zero-order chi connectivity index (χ0) is 14.8. The van der Waals surface area contributed by atoms with Crippen LogP contribution in [0.15, 0.2) is 43.0 Å². The number of hydrogen-bond acceptors (Lipinski definition) is 2. The lowest BCUT2D eigenvalue weighted by Gasteiger charge is -2.30. The van der Waals surface area contributed by atoms with Crippen LogP contribution in [0.5, 0.6) is 0 Å². The molecule has 0 saturated carbocycles. The van der Waals surface area contributed by atoms with Gasteiger partial charge in [0.2, 0.25) is 0 Å². The van der Waals surface area contributed by atoms with E-state index in [1.807, 2.05) is 31.2 Å². The summed E-state index contributed by atoms with van der Waals surface area (Å²) in [5.41, 5.74) is 0.716. The Labute approximate surface area is 122 Å². The molecule has 0 aliphatic rings. The third-order valence-corrected chi connectivity index (χ3v) is 3.64. The first-order valence-corrected chi connectivity index (χ1v) is 7.50. The second-order valence-electron chi connectivity index (χ2n) is 5.26. The van der Waals surface area contributed by atoms with Crippen LogP contribution >= 0.6 is 0 Å². The topological polar surface area (TPSA) is 26.3 Å². The van der Waals surface area contributed by atoms with E-state index in [-0.39, 0.29) is 5.97 Å². The van der Waals surface area contributed by atoms with Gasteiger partial charge in [-0.3, -0.25) is 4.79 Å². The van der Waals surface area contributed by atoms with Crippen molar-refractivity contribution >= 4 is 5.97 Å². The highest BCUT2D eigenvalue weighted by Crippen LogP contribution is 2.35. The fourth-order valence-corrected chi connectivity index (χ4v) is 2.58. The second-order valence-corrected chi connectivity index (χ2v) is 5.26. The van der Waals surface area contributed by atoms with Crippen molar-refractivity contribution in [3.8, 4) is 0 Å². The van der Waals surface area contributed by atoms with E-state index in [4.69, 9.17) is 4.74 Å². The van der Waals surface area contributed by atoms with Crippen LogP contribution in [0.25, 0.3) is 0 Å². The molecule has 0 heterocycles. The molecule has 1 aromatic carbocycles. The molecule has 110 valence electrons. The predicted octanol–water partition coefficient (Wildman–Crippen LogP) is 4.54. The lowest BCUT2D eigenvalue weighted by Crippen LogP contribution is -2.35. The molecule has 1 atom stereocenters. The van der Waals surface area contributed by atoms with Crippen LogP contribution in [0.4, 0.5) is 0 Å². The zero-order valence-corrected chi connectivity index (χ0v) is 12.7. The lowest BCUT2D eigenvalue weighted by molar-refractivity contribution is -0.156. The van der Waals surface area contributed by atoms with Crippen LogP contribution in [-0.4, -0.2) is 12.6 Å². The minimum Gasteiger partial charge on any atom is -0.466 e. The fourth-order valence-electron chi connectivity index (χ4n) is 2.58. The number of carbonyl (C=O) groups is 1. The Morgan fingerprint density at radius 3 is 2.55 bits per heavy atom. The van der Waals surface area contributed by atoms with Crippen molar-refractivity contribution < 1.29 is 9.53 Å². The molecule has 0 bridgehead atoms. The molecule has 0 radical (unpaired) electrons. The van der Waals surface area contributed by atoms with Gasteiger partial charge in [0, 0.05) is 0 Å². The monoisotopic (exact) mass is 274 g/mol. The molecule has 0 spiro atoms. The molecule has 2 heteroatoms. The molecular formula is C18H26O2. The first kappa shape index (κ1) is 16.5. The molecule has 1 rings (SSSR count). The molecule has 0 aliphatic carbocycles. The first-order chi connectivity index (χ1) is 9.68. The lowest BCUT2D eigenvalue weighted by atomic mass is 9.74. The highest BCUT2D eigenvalue weighted by Gasteiger charge is 2.38. The molecule has 1 aromatic rings. The van der Waals surface area contributed by atoms with Crippen molar-refractivity contribution in [2.24, 2.45) is 5.41 Å². The van der Waals surface area contributed by atoms with E-state index in [9.17, 15) is 4.79 Å². The van der Waals surface area contributed by atoms with E-state index in [1.165, 1.54) is 5.56 Å². The molecular weight excluding hydrogens is 248 g/mol. The maximum atomic E-state index is 12.5. The van der Waals surface area contributed by atoms with Gasteiger partial charge in [-0.1, -0.05) is 56.2 Å². The summed E-state index contributed by atoms with van der Waals surface area (Å²) in [5.74, 6) is -0.0859. The van der Waals surface area contributed by atoms with E-state index in [1.54, 1.807) is 0 Å². The minimum atomic E-state index is -0.463. The van der Waals surface area contributed by atoms with Crippen molar-refractivity contribution in [3.05, 3.63) is 48.6 Å². The summed E-state index contributed by atoms with van der Waals surface area (Å²) >= 11 is 0. The number of esters is 1. The summed E-state index contributed by atoms with van der Waals surface area (Å²) in [4.78, 5) is 12.5. The third-order valence-electron chi connectivity index (χ3n) is 3.64. The number of carbonyl (C=O) groups excluding carboxylic acids is 1. The standard InChI is InChI=1S/C18H26O2/c1-4-7-14-18(13-5-2,17(19)20-6-3)15-16-11-9-8-10-12-16/h5,8-12H,2,4,6-7,13-15H2,1,3H3. The predicted molar refractivity (Wildman–Crippen MR) is 83.6 cm³/mol. The quantitative estimate of drug-likeness (QED) is 0.488. The summed E-state index contributed by atoms with van der Waals surface area (Å²) in [7, 11) is 0. The molecule has 0 aliphatic heterocycles. The Bertz CT molecular complexity index is 411. The van der Waals surface area contributed by atoms with Gasteiger partial charge in [-0.15, -0.1) is 6.58 Å². The Hall–Kier alpha value is -1.57. The Kier molecular flexibility index (Phi) is 7.06. The molecule has 0 fully saturated rings. The number of rotatable bonds is 9. The van der Waals surface area contributed by atoms with Gasteiger partial charge in [0.1, 0.15) is 0 Å². The van der Waals surface area contributed by atoms with Gasteiger partial charge in [-0.25, -0.2) is 0 Å². The smallest absolute Gasteiger partial charge is 0.312 e. The van der Waals surface area contributed by atoms with Gasteiger partial charge in [-0.2, -0.15) is 0 Å². The van der Waals surface area contributed by atoms with Crippen LogP contribution in [-0.2, 0) is 16.0 Å². The summed E-state index contributed by atoms with van der Waals surface area (Å²) in [5, 5.41) is 0. The maximum absolute atomic E-state index is 12.5. The number of allylic oxidation sites excluding steroid dienone is 1. The Morgan fingerprint density at radius 2 is 2.00 bits per heavy atom. The van der Waals surface area contributed by atoms with Crippen LogP contribution < -0.4 is 0 Å². The molecule has 0 saturated heterocycles. The number of benzene rings is 1. The summed E-state index contributed by atoms with van der Waals surface area (Å²) in [6, 6.07) is 10.2. The van der Waals surface area contributed by atoms with E-state index < -0.39 is 5.41 Å². The molecule has 1 unspecified atom stereocenters. The van der Waals surface area contributed by atoms with Gasteiger partial charge in [0.05, 0.1) is 12.0 Å². The van der Waals surface area contributed by atoms with Crippen molar-refractivity contribution in [2.75, 3.05) is 6.61 Å². The summed E-state index contributed by atoms with van der Waals surface area (Å²) < 4.78 is 5.34. The van der Waals surface area contributed by atoms with Crippen molar-refractivity contribution in [1.29, 1.82) is 0 Å². The second kappa shape index (κ2) is 8.57. The Balaban J connectivity index is 3.00. The molecule has 0 N–H and O–H groups in total. The van der Waals surface area contributed by atoms with Crippen LogP contribution in [0, 0.1) is 5.41 Å². The van der Waals surface area contributed by atoms with Crippen molar-refractivity contribution in [3.63, 3.8) is 0 Å². The van der Waals surface area contributed by atoms with E-state index in [0.717, 1.165) is 25.7 Å². The molecule has 2 nitrogen and oxygen atoms in total. The van der Waals surface area contributed by atoms with Gasteiger partial charge in [0.15, 0.2) is 0 Å². The number of ether oxygens (including phenoxy) is 1. The SMILES string of the molecule is C=CCC(CCCC)(Cc1ccccc1)C(=O)OCC. The highest BCUT2D eigenvalue weighted by atomic mass is 16.5. The number of hydrogen-bond donors (Lipinski definition) is 0. The van der Waals surface area contributed by atoms with E-state index in [0.29, 0.717) is 13.0 Å². The van der Waals surface area contributed by atoms with E-state index in [2.05, 4.69) is 25.6 Å². The summed E-state index contributed by atoms with van der Waals surface area (Å²) in [6.45, 7) is 8.26. The average molecular weight is 274 g/mol. The molecule has 20 heavy (non-hydrogen) atoms. The van der Waals surface area contributed by atoms with Gasteiger partial charge >= 0.3 is 5.97 Å². The first-order valence-electron chi connectivity index (χ1n) is 7.50. The van der Waals surface area contributed by atoms with Crippen molar-refractivity contribution in [2.45, 2.75) is 46.0 Å². The fraction of sp³-hybridized carbons (Fsp3) is 0.500. The maximum Gasteiger partial charge on any atom is 0.312 e. The Morgan fingerprint density at radius 1 is 1.30 bits per heavy atom. The van der Waals surface area contributed by atoms with E-state index >= 15 is 0 Å². The third kappa shape index (κ3) is 4.52. The largest absolute Gasteiger partial charge is 0.466 e. The van der Waals surface area contributed by atoms with Crippen LogP contribution in [0.2, 0.25) is 0 Å². The molecule has 0 amide bonds. The minimum absolute atomic E-state index is 0.0859. The number of unbranched alkanes of at least 4 members (excludes halogenated alkanes) is 1. The zero-order valence-electron chi connectivity index (χ0n) is 12.7.